The van der Waals surface area contributed by atoms with Crippen molar-refractivity contribution in [2.45, 2.75) is 6.92 Å². The zero-order valence-electron chi connectivity index (χ0n) is 10.4. The van der Waals surface area contributed by atoms with Crippen LogP contribution in [0.4, 0.5) is 0 Å². The van der Waals surface area contributed by atoms with Gasteiger partial charge in [0.1, 0.15) is 10.1 Å². The highest BCUT2D eigenvalue weighted by Gasteiger charge is 2.31. The molecule has 1 amide bonds. The quantitative estimate of drug-likeness (QED) is 0.528. The van der Waals surface area contributed by atoms with E-state index < -0.39 is 0 Å². The van der Waals surface area contributed by atoms with E-state index in [0.717, 1.165) is 5.56 Å². The number of phenolic OH excluding ortho intramolecular Hbond substituents is 1. The zero-order chi connectivity index (χ0) is 14.0. The summed E-state index contributed by atoms with van der Waals surface area (Å²) in [6, 6.07) is 5.26. The Hall–Kier alpha value is -1.59. The molecule has 1 N–H and O–H groups in total. The van der Waals surface area contributed by atoms with Crippen molar-refractivity contribution in [2.24, 2.45) is 0 Å². The van der Waals surface area contributed by atoms with Gasteiger partial charge in [-0.25, -0.2) is 0 Å². The van der Waals surface area contributed by atoms with Crippen LogP contribution in [0.15, 0.2) is 35.8 Å². The van der Waals surface area contributed by atoms with E-state index in [4.69, 9.17) is 12.2 Å². The standard InChI is InChI=1S/C14H13NO2S2/c1-3-6-15-13(17)12(19-14(15)18)8-10-7-9(2)4-5-11(10)16/h3-5,7-8,16H,1,6H2,2H3/b12-8+. The number of amides is 1. The molecule has 0 aliphatic carbocycles. The smallest absolute Gasteiger partial charge is 0.266 e. The Labute approximate surface area is 121 Å². The predicted molar refractivity (Wildman–Crippen MR) is 82.9 cm³/mol. The number of phenols is 1. The second kappa shape index (κ2) is 5.59. The number of carbonyl (C=O) groups is 1. The minimum Gasteiger partial charge on any atom is -0.507 e. The highest BCUT2D eigenvalue weighted by Crippen LogP contribution is 2.34. The Bertz CT molecular complexity index is 593. The molecule has 1 aromatic rings. The van der Waals surface area contributed by atoms with Crippen LogP contribution in [0.5, 0.6) is 5.75 Å². The van der Waals surface area contributed by atoms with Gasteiger partial charge in [0.05, 0.1) is 4.91 Å². The van der Waals surface area contributed by atoms with Crippen LogP contribution in [-0.4, -0.2) is 26.8 Å². The third-order valence-electron chi connectivity index (χ3n) is 2.65. The maximum atomic E-state index is 12.1. The molecular weight excluding hydrogens is 278 g/mol. The van der Waals surface area contributed by atoms with Crippen molar-refractivity contribution < 1.29 is 9.90 Å². The molecular formula is C14H13NO2S2. The summed E-state index contributed by atoms with van der Waals surface area (Å²) in [5.41, 5.74) is 1.64. The lowest BCUT2D eigenvalue weighted by Crippen LogP contribution is -2.27. The molecule has 0 unspecified atom stereocenters. The number of aromatic hydroxyl groups is 1. The molecule has 1 aromatic carbocycles. The van der Waals surface area contributed by atoms with E-state index >= 15 is 0 Å². The third kappa shape index (κ3) is 2.88. The number of nitrogens with zero attached hydrogens (tertiary/aromatic N) is 1. The van der Waals surface area contributed by atoms with Crippen molar-refractivity contribution in [3.8, 4) is 5.75 Å². The lowest BCUT2D eigenvalue weighted by molar-refractivity contribution is -0.121. The van der Waals surface area contributed by atoms with Crippen molar-refractivity contribution in [1.82, 2.24) is 4.90 Å². The van der Waals surface area contributed by atoms with E-state index in [1.54, 1.807) is 18.2 Å². The first-order valence-corrected chi connectivity index (χ1v) is 6.91. The number of hydrogen-bond donors (Lipinski definition) is 1. The van der Waals surface area contributed by atoms with E-state index in [0.29, 0.717) is 21.3 Å². The van der Waals surface area contributed by atoms with Gasteiger partial charge in [0.25, 0.3) is 5.91 Å². The molecule has 1 fully saturated rings. The fourth-order valence-corrected chi connectivity index (χ4v) is 2.98. The molecule has 2 rings (SSSR count). The van der Waals surface area contributed by atoms with Gasteiger partial charge in [0.15, 0.2) is 0 Å². The van der Waals surface area contributed by atoms with Gasteiger partial charge in [-0.2, -0.15) is 0 Å². The second-order valence-electron chi connectivity index (χ2n) is 4.14. The van der Waals surface area contributed by atoms with Gasteiger partial charge in [-0.1, -0.05) is 41.7 Å². The molecule has 5 heteroatoms. The number of carbonyl (C=O) groups excluding carboxylic acids is 1. The number of aryl methyl sites for hydroxylation is 1. The molecule has 1 saturated heterocycles. The van der Waals surface area contributed by atoms with Gasteiger partial charge < -0.3 is 5.11 Å². The summed E-state index contributed by atoms with van der Waals surface area (Å²) in [7, 11) is 0. The molecule has 3 nitrogen and oxygen atoms in total. The van der Waals surface area contributed by atoms with E-state index in [1.807, 2.05) is 19.1 Å². The second-order valence-corrected chi connectivity index (χ2v) is 5.82. The van der Waals surface area contributed by atoms with E-state index in [1.165, 1.54) is 16.7 Å². The normalized spacial score (nSPS) is 17.3. The first-order chi connectivity index (χ1) is 9.02. The van der Waals surface area contributed by atoms with Crippen molar-refractivity contribution in [3.63, 3.8) is 0 Å². The van der Waals surface area contributed by atoms with Crippen LogP contribution < -0.4 is 0 Å². The number of thiocarbonyl (C=S) groups is 1. The molecule has 1 aliphatic heterocycles. The Morgan fingerprint density at radius 3 is 2.95 bits per heavy atom. The topological polar surface area (TPSA) is 40.5 Å². The largest absolute Gasteiger partial charge is 0.507 e. The Morgan fingerprint density at radius 1 is 1.53 bits per heavy atom. The molecule has 98 valence electrons. The summed E-state index contributed by atoms with van der Waals surface area (Å²) < 4.78 is 0.517. The number of thioether (sulfide) groups is 1. The SMILES string of the molecule is C=CCN1C(=O)/C(=C\c2cc(C)ccc2O)SC1=S. The van der Waals surface area contributed by atoms with Crippen LogP contribution in [-0.2, 0) is 4.79 Å². The van der Waals surface area contributed by atoms with Crippen LogP contribution in [0.2, 0.25) is 0 Å². The minimum atomic E-state index is -0.143. The molecule has 0 atom stereocenters. The highest BCUT2D eigenvalue weighted by atomic mass is 32.2. The van der Waals surface area contributed by atoms with Crippen molar-refractivity contribution in [1.29, 1.82) is 0 Å². The van der Waals surface area contributed by atoms with Gasteiger partial charge in [-0.15, -0.1) is 6.58 Å². The summed E-state index contributed by atoms with van der Waals surface area (Å²) in [6.45, 7) is 5.94. The maximum absolute atomic E-state index is 12.1. The van der Waals surface area contributed by atoms with Crippen molar-refractivity contribution in [2.75, 3.05) is 6.54 Å². The minimum absolute atomic E-state index is 0.143. The lowest BCUT2D eigenvalue weighted by Gasteiger charge is -2.10. The van der Waals surface area contributed by atoms with E-state index in [9.17, 15) is 9.90 Å². The molecule has 0 bridgehead atoms. The first-order valence-electron chi connectivity index (χ1n) is 5.69. The fourth-order valence-electron chi connectivity index (χ4n) is 1.72. The molecule has 1 aliphatic rings. The van der Waals surface area contributed by atoms with Gasteiger partial charge >= 0.3 is 0 Å². The molecule has 0 saturated carbocycles. The third-order valence-corrected chi connectivity index (χ3v) is 4.03. The van der Waals surface area contributed by atoms with E-state index in [2.05, 4.69) is 6.58 Å². The molecule has 0 spiro atoms. The van der Waals surface area contributed by atoms with Crippen LogP contribution in [0.1, 0.15) is 11.1 Å². The molecule has 0 radical (unpaired) electrons. The van der Waals surface area contributed by atoms with Crippen LogP contribution in [0, 0.1) is 6.92 Å². The summed E-state index contributed by atoms with van der Waals surface area (Å²) in [5.74, 6) is 0.00963. The van der Waals surface area contributed by atoms with Crippen LogP contribution >= 0.6 is 24.0 Å². The zero-order valence-corrected chi connectivity index (χ0v) is 12.1. The van der Waals surface area contributed by atoms with Crippen LogP contribution in [0.25, 0.3) is 6.08 Å². The molecule has 0 aromatic heterocycles. The number of benzene rings is 1. The average molecular weight is 291 g/mol. The summed E-state index contributed by atoms with van der Waals surface area (Å²) in [4.78, 5) is 14.1. The number of hydrogen-bond acceptors (Lipinski definition) is 4. The monoisotopic (exact) mass is 291 g/mol. The fraction of sp³-hybridized carbons (Fsp3) is 0.143. The van der Waals surface area contributed by atoms with Crippen molar-refractivity contribution >= 4 is 40.3 Å². The first kappa shape index (κ1) is 13.8. The maximum Gasteiger partial charge on any atom is 0.266 e. The van der Waals surface area contributed by atoms with Crippen LogP contribution in [0.3, 0.4) is 0 Å². The Morgan fingerprint density at radius 2 is 2.26 bits per heavy atom. The van der Waals surface area contributed by atoms with E-state index in [-0.39, 0.29) is 11.7 Å². The Kier molecular flexibility index (Phi) is 4.07. The highest BCUT2D eigenvalue weighted by molar-refractivity contribution is 8.26. The summed E-state index contributed by atoms with van der Waals surface area (Å²) >= 11 is 6.39. The average Bonchev–Trinajstić information content (AvgIpc) is 2.62. The van der Waals surface area contributed by atoms with Crippen molar-refractivity contribution in [3.05, 3.63) is 46.9 Å². The van der Waals surface area contributed by atoms with Gasteiger partial charge in [-0.05, 0) is 25.1 Å². The lowest BCUT2D eigenvalue weighted by atomic mass is 10.1. The predicted octanol–water partition coefficient (Wildman–Crippen LogP) is 3.09. The molecule has 19 heavy (non-hydrogen) atoms. The van der Waals surface area contributed by atoms with Gasteiger partial charge in [-0.3, -0.25) is 9.69 Å². The van der Waals surface area contributed by atoms with Gasteiger partial charge in [0, 0.05) is 12.1 Å². The summed E-state index contributed by atoms with van der Waals surface area (Å²) in [6.07, 6.45) is 3.31. The van der Waals surface area contributed by atoms with Gasteiger partial charge in [0.2, 0.25) is 0 Å². The summed E-state index contributed by atoms with van der Waals surface area (Å²) in [5, 5.41) is 9.79. The Balaban J connectivity index is 2.34. The molecule has 1 heterocycles. The number of rotatable bonds is 3.